The third kappa shape index (κ3) is 3.68. The Morgan fingerprint density at radius 2 is 2.00 bits per heavy atom. The van der Waals surface area contributed by atoms with Gasteiger partial charge in [-0.25, -0.2) is 4.79 Å². The van der Waals surface area contributed by atoms with Crippen LogP contribution in [0.15, 0.2) is 24.3 Å². The molecular weight excluding hydrogens is 244 g/mol. The molecule has 0 heterocycles. The lowest BCUT2D eigenvalue weighted by Crippen LogP contribution is -2.38. The van der Waals surface area contributed by atoms with Crippen LogP contribution in [-0.4, -0.2) is 32.8 Å². The Bertz CT molecular complexity index is 413. The second-order valence-electron chi connectivity index (χ2n) is 4.81. The smallest absolute Gasteiger partial charge is 0.338 e. The number of rotatable bonds is 6. The summed E-state index contributed by atoms with van der Waals surface area (Å²) in [7, 11) is 3.48. The van der Waals surface area contributed by atoms with Crippen LogP contribution in [0.25, 0.3) is 0 Å². The fourth-order valence-corrected chi connectivity index (χ4v) is 2.24. The third-order valence-corrected chi connectivity index (χ3v) is 3.30. The molecule has 5 heteroatoms. The van der Waals surface area contributed by atoms with Crippen molar-refractivity contribution in [1.29, 1.82) is 0 Å². The maximum Gasteiger partial charge on any atom is 0.338 e. The van der Waals surface area contributed by atoms with Gasteiger partial charge in [0.1, 0.15) is 6.10 Å². The highest BCUT2D eigenvalue weighted by molar-refractivity contribution is 5.89. The van der Waals surface area contributed by atoms with E-state index in [1.165, 1.54) is 0 Å². The van der Waals surface area contributed by atoms with Crippen LogP contribution in [0.4, 0.5) is 5.69 Å². The molecule has 0 aromatic heterocycles. The predicted octanol–water partition coefficient (Wildman–Crippen LogP) is 1.81. The molecule has 1 fully saturated rings. The largest absolute Gasteiger partial charge is 0.459 e. The molecule has 2 N–H and O–H groups in total. The molecule has 0 unspecified atom stereocenters. The summed E-state index contributed by atoms with van der Waals surface area (Å²) in [5, 5.41) is 3.13. The van der Waals surface area contributed by atoms with Crippen molar-refractivity contribution < 1.29 is 14.4 Å². The highest BCUT2D eigenvalue weighted by Crippen LogP contribution is 2.30. The van der Waals surface area contributed by atoms with E-state index >= 15 is 0 Å². The Morgan fingerprint density at radius 3 is 2.58 bits per heavy atom. The Morgan fingerprint density at radius 1 is 1.32 bits per heavy atom. The molecule has 0 atom stereocenters. The number of hydrogen-bond donors (Lipinski definition) is 2. The minimum atomic E-state index is -0.253. The second-order valence-corrected chi connectivity index (χ2v) is 4.81. The molecule has 1 aliphatic rings. The van der Waals surface area contributed by atoms with Crippen molar-refractivity contribution in [3.05, 3.63) is 29.8 Å². The van der Waals surface area contributed by atoms with E-state index in [-0.39, 0.29) is 12.1 Å². The summed E-state index contributed by atoms with van der Waals surface area (Å²) in [6.07, 6.45) is 1.98. The highest BCUT2D eigenvalue weighted by Gasteiger charge is 2.31. The van der Waals surface area contributed by atoms with Crippen molar-refractivity contribution in [2.24, 2.45) is 5.92 Å². The number of ether oxygens (including phenoxy) is 1. The van der Waals surface area contributed by atoms with Gasteiger partial charge >= 0.3 is 5.97 Å². The maximum atomic E-state index is 11.9. The molecule has 1 aromatic carbocycles. The van der Waals surface area contributed by atoms with Gasteiger partial charge in [0.2, 0.25) is 0 Å². The molecule has 0 aliphatic heterocycles. The second kappa shape index (κ2) is 6.54. The van der Waals surface area contributed by atoms with Gasteiger partial charge in [-0.3, -0.25) is 10.3 Å². The van der Waals surface area contributed by atoms with E-state index in [0.29, 0.717) is 11.5 Å². The molecule has 0 bridgehead atoms. The summed E-state index contributed by atoms with van der Waals surface area (Å²) in [6.45, 7) is 0.992. The van der Waals surface area contributed by atoms with Gasteiger partial charge in [-0.1, -0.05) is 0 Å². The lowest BCUT2D eigenvalue weighted by Gasteiger charge is -2.34. The zero-order valence-corrected chi connectivity index (χ0v) is 11.3. The lowest BCUT2D eigenvalue weighted by atomic mass is 9.82. The van der Waals surface area contributed by atoms with Gasteiger partial charge in [-0.2, -0.15) is 0 Å². The quantitative estimate of drug-likeness (QED) is 0.606. The monoisotopic (exact) mass is 264 g/mol. The minimum absolute atomic E-state index is 0.0719. The summed E-state index contributed by atoms with van der Waals surface area (Å²) in [5.74, 6) is 0.382. The maximum absolute atomic E-state index is 11.9. The summed E-state index contributed by atoms with van der Waals surface area (Å²) in [6, 6.07) is 7.02. The zero-order valence-electron chi connectivity index (χ0n) is 11.3. The van der Waals surface area contributed by atoms with Crippen LogP contribution < -0.4 is 10.8 Å². The Hall–Kier alpha value is -1.59. The van der Waals surface area contributed by atoms with E-state index in [9.17, 15) is 4.79 Å². The Balaban J connectivity index is 1.80. The van der Waals surface area contributed by atoms with E-state index in [1.807, 2.05) is 7.05 Å². The first kappa shape index (κ1) is 13.8. The number of carbonyl (C=O) groups excluding carboxylic acids is 1. The van der Waals surface area contributed by atoms with Crippen LogP contribution in [0.1, 0.15) is 23.2 Å². The minimum Gasteiger partial charge on any atom is -0.459 e. The number of hydrogen-bond acceptors (Lipinski definition) is 5. The standard InChI is InChI=1S/C14H20N2O3/c1-15-9-10-7-13(8-10)19-14(17)11-3-5-12(6-4-11)16-18-2/h3-6,10,13,15-16H,7-9H2,1-2H3. The van der Waals surface area contributed by atoms with E-state index < -0.39 is 0 Å². The third-order valence-electron chi connectivity index (χ3n) is 3.30. The molecule has 104 valence electrons. The molecular formula is C14H20N2O3. The van der Waals surface area contributed by atoms with Crippen molar-refractivity contribution in [1.82, 2.24) is 5.32 Å². The number of benzene rings is 1. The first-order chi connectivity index (χ1) is 9.22. The molecule has 0 radical (unpaired) electrons. The van der Waals surface area contributed by atoms with Crippen LogP contribution in [0, 0.1) is 5.92 Å². The summed E-state index contributed by atoms with van der Waals surface area (Å²) in [4.78, 5) is 16.7. The summed E-state index contributed by atoms with van der Waals surface area (Å²) >= 11 is 0. The average Bonchev–Trinajstić information content (AvgIpc) is 2.37. The average molecular weight is 264 g/mol. The van der Waals surface area contributed by atoms with Gasteiger partial charge in [0, 0.05) is 0 Å². The lowest BCUT2D eigenvalue weighted by molar-refractivity contribution is -0.0103. The predicted molar refractivity (Wildman–Crippen MR) is 72.9 cm³/mol. The first-order valence-corrected chi connectivity index (χ1v) is 6.47. The van der Waals surface area contributed by atoms with E-state index in [4.69, 9.17) is 9.57 Å². The SMILES string of the molecule is CNCC1CC(OC(=O)c2ccc(NOC)cc2)C1. The number of anilines is 1. The molecule has 1 saturated carbocycles. The fraction of sp³-hybridized carbons (Fsp3) is 0.500. The van der Waals surface area contributed by atoms with Gasteiger partial charge < -0.3 is 10.1 Å². The van der Waals surface area contributed by atoms with Crippen molar-refractivity contribution >= 4 is 11.7 Å². The van der Waals surface area contributed by atoms with Crippen molar-refractivity contribution in [3.63, 3.8) is 0 Å². The highest BCUT2D eigenvalue weighted by atomic mass is 16.6. The Kier molecular flexibility index (Phi) is 4.76. The summed E-state index contributed by atoms with van der Waals surface area (Å²) in [5.41, 5.74) is 4.07. The number of esters is 1. The van der Waals surface area contributed by atoms with Gasteiger partial charge in [-0.05, 0) is 56.6 Å². The first-order valence-electron chi connectivity index (χ1n) is 6.47. The van der Waals surface area contributed by atoms with Crippen molar-refractivity contribution in [2.75, 3.05) is 26.2 Å². The van der Waals surface area contributed by atoms with Gasteiger partial charge in [-0.15, -0.1) is 0 Å². The van der Waals surface area contributed by atoms with E-state index in [2.05, 4.69) is 10.8 Å². The topological polar surface area (TPSA) is 59.6 Å². The van der Waals surface area contributed by atoms with Crippen molar-refractivity contribution in [3.8, 4) is 0 Å². The molecule has 1 aromatic rings. The molecule has 2 rings (SSSR count). The van der Waals surface area contributed by atoms with E-state index in [1.54, 1.807) is 31.4 Å². The van der Waals surface area contributed by atoms with Crippen LogP contribution in [-0.2, 0) is 9.57 Å². The molecule has 0 amide bonds. The van der Waals surface area contributed by atoms with Crippen LogP contribution in [0.3, 0.4) is 0 Å². The van der Waals surface area contributed by atoms with Gasteiger partial charge in [0.15, 0.2) is 0 Å². The van der Waals surface area contributed by atoms with Crippen LogP contribution in [0.2, 0.25) is 0 Å². The molecule has 0 spiro atoms. The summed E-state index contributed by atoms with van der Waals surface area (Å²) < 4.78 is 5.43. The molecule has 0 saturated heterocycles. The Labute approximate surface area is 113 Å². The van der Waals surface area contributed by atoms with E-state index in [0.717, 1.165) is 25.1 Å². The van der Waals surface area contributed by atoms with Crippen molar-refractivity contribution in [2.45, 2.75) is 18.9 Å². The zero-order chi connectivity index (χ0) is 13.7. The molecule has 19 heavy (non-hydrogen) atoms. The van der Waals surface area contributed by atoms with Gasteiger partial charge in [0.05, 0.1) is 18.4 Å². The van der Waals surface area contributed by atoms with Gasteiger partial charge in [0.25, 0.3) is 0 Å². The van der Waals surface area contributed by atoms with Crippen LogP contribution >= 0.6 is 0 Å². The number of nitrogens with one attached hydrogen (secondary N) is 2. The number of carbonyl (C=O) groups is 1. The molecule has 5 nitrogen and oxygen atoms in total. The fourth-order valence-electron chi connectivity index (χ4n) is 2.24. The van der Waals surface area contributed by atoms with Crippen LogP contribution in [0.5, 0.6) is 0 Å². The molecule has 1 aliphatic carbocycles. The normalized spacial score (nSPS) is 21.6.